The summed E-state index contributed by atoms with van der Waals surface area (Å²) in [5.74, 6) is 0.890. The van der Waals surface area contributed by atoms with Crippen LogP contribution in [-0.2, 0) is 4.79 Å². The normalized spacial score (nSPS) is 27.6. The zero-order valence-corrected chi connectivity index (χ0v) is 12.6. The predicted octanol–water partition coefficient (Wildman–Crippen LogP) is 1.59. The SMILES string of the molecule is NC(CC1CCCCC1)C(=O)N1CCN(C2CC2)CC1. The van der Waals surface area contributed by atoms with Crippen molar-refractivity contribution in [3.63, 3.8) is 0 Å². The molecule has 3 fully saturated rings. The molecule has 4 heteroatoms. The number of piperazine rings is 1. The van der Waals surface area contributed by atoms with Gasteiger partial charge in [-0.3, -0.25) is 9.69 Å². The molecule has 3 aliphatic rings. The maximum atomic E-state index is 12.4. The van der Waals surface area contributed by atoms with Gasteiger partial charge in [-0.15, -0.1) is 0 Å². The minimum atomic E-state index is -0.259. The van der Waals surface area contributed by atoms with Gasteiger partial charge in [0.15, 0.2) is 0 Å². The molecule has 4 nitrogen and oxygen atoms in total. The van der Waals surface area contributed by atoms with Crippen molar-refractivity contribution in [2.45, 2.75) is 63.5 Å². The molecule has 2 aliphatic carbocycles. The molecule has 1 heterocycles. The lowest BCUT2D eigenvalue weighted by Crippen LogP contribution is -2.53. The Labute approximate surface area is 122 Å². The summed E-state index contributed by atoms with van der Waals surface area (Å²) in [4.78, 5) is 17.0. The van der Waals surface area contributed by atoms with Crippen LogP contribution in [0.25, 0.3) is 0 Å². The zero-order chi connectivity index (χ0) is 13.9. The summed E-state index contributed by atoms with van der Waals surface area (Å²) in [6, 6.07) is 0.564. The quantitative estimate of drug-likeness (QED) is 0.850. The first-order valence-electron chi connectivity index (χ1n) is 8.52. The average molecular weight is 279 g/mol. The second-order valence-corrected chi connectivity index (χ2v) is 6.94. The molecule has 1 saturated heterocycles. The standard InChI is InChI=1S/C16H29N3O/c17-15(12-13-4-2-1-3-5-13)16(20)19-10-8-18(9-11-19)14-6-7-14/h13-15H,1-12,17H2. The first-order valence-corrected chi connectivity index (χ1v) is 8.52. The lowest BCUT2D eigenvalue weighted by atomic mass is 9.84. The molecule has 114 valence electrons. The number of carbonyl (C=O) groups is 1. The summed E-state index contributed by atoms with van der Waals surface area (Å²) >= 11 is 0. The van der Waals surface area contributed by atoms with Crippen molar-refractivity contribution < 1.29 is 4.79 Å². The molecule has 0 bridgehead atoms. The zero-order valence-electron chi connectivity index (χ0n) is 12.6. The van der Waals surface area contributed by atoms with Crippen LogP contribution in [0.4, 0.5) is 0 Å². The van der Waals surface area contributed by atoms with Crippen LogP contribution in [0.1, 0.15) is 51.4 Å². The Morgan fingerprint density at radius 1 is 1.00 bits per heavy atom. The van der Waals surface area contributed by atoms with E-state index >= 15 is 0 Å². The highest BCUT2D eigenvalue weighted by Crippen LogP contribution is 2.29. The molecule has 1 aliphatic heterocycles. The summed E-state index contributed by atoms with van der Waals surface area (Å²) in [6.45, 7) is 3.86. The van der Waals surface area contributed by atoms with E-state index < -0.39 is 0 Å². The largest absolute Gasteiger partial charge is 0.339 e. The summed E-state index contributed by atoms with van der Waals surface area (Å²) in [5, 5.41) is 0. The van der Waals surface area contributed by atoms with Gasteiger partial charge in [0.2, 0.25) is 5.91 Å². The van der Waals surface area contributed by atoms with E-state index in [4.69, 9.17) is 5.73 Å². The number of hydrogen-bond donors (Lipinski definition) is 1. The van der Waals surface area contributed by atoms with Gasteiger partial charge in [-0.05, 0) is 25.2 Å². The second-order valence-electron chi connectivity index (χ2n) is 6.94. The van der Waals surface area contributed by atoms with Gasteiger partial charge in [-0.2, -0.15) is 0 Å². The Bertz CT molecular complexity index is 329. The molecule has 3 rings (SSSR count). The van der Waals surface area contributed by atoms with E-state index in [2.05, 4.69) is 4.90 Å². The van der Waals surface area contributed by atoms with E-state index in [0.29, 0.717) is 5.92 Å². The predicted molar refractivity (Wildman–Crippen MR) is 80.3 cm³/mol. The molecular formula is C16H29N3O. The highest BCUT2D eigenvalue weighted by Gasteiger charge is 2.33. The number of hydrogen-bond acceptors (Lipinski definition) is 3. The molecule has 1 amide bonds. The molecule has 1 unspecified atom stereocenters. The Balaban J connectivity index is 1.43. The van der Waals surface area contributed by atoms with Crippen molar-refractivity contribution in [3.8, 4) is 0 Å². The second kappa shape index (κ2) is 6.44. The van der Waals surface area contributed by atoms with Crippen molar-refractivity contribution in [2.75, 3.05) is 26.2 Å². The van der Waals surface area contributed by atoms with Crippen LogP contribution in [0.3, 0.4) is 0 Å². The van der Waals surface area contributed by atoms with Crippen LogP contribution < -0.4 is 5.73 Å². The highest BCUT2D eigenvalue weighted by molar-refractivity contribution is 5.81. The third-order valence-corrected chi connectivity index (χ3v) is 5.32. The summed E-state index contributed by atoms with van der Waals surface area (Å²) in [5.41, 5.74) is 6.18. The number of nitrogens with two attached hydrogens (primary N) is 1. The third kappa shape index (κ3) is 3.53. The van der Waals surface area contributed by atoms with Crippen molar-refractivity contribution in [1.29, 1.82) is 0 Å². The molecule has 0 aromatic carbocycles. The maximum absolute atomic E-state index is 12.4. The Morgan fingerprint density at radius 2 is 1.65 bits per heavy atom. The Kier molecular flexibility index (Phi) is 4.61. The van der Waals surface area contributed by atoms with Gasteiger partial charge in [-0.1, -0.05) is 32.1 Å². The van der Waals surface area contributed by atoms with E-state index in [0.717, 1.165) is 38.6 Å². The topological polar surface area (TPSA) is 49.6 Å². The maximum Gasteiger partial charge on any atom is 0.239 e. The van der Waals surface area contributed by atoms with Crippen LogP contribution in [0, 0.1) is 5.92 Å². The van der Waals surface area contributed by atoms with Gasteiger partial charge >= 0.3 is 0 Å². The fourth-order valence-corrected chi connectivity index (χ4v) is 3.86. The molecule has 0 aromatic rings. The van der Waals surface area contributed by atoms with Crippen LogP contribution in [0.15, 0.2) is 0 Å². The van der Waals surface area contributed by atoms with E-state index in [1.165, 1.54) is 44.9 Å². The van der Waals surface area contributed by atoms with Crippen LogP contribution >= 0.6 is 0 Å². The summed E-state index contributed by atoms with van der Waals surface area (Å²) in [6.07, 6.45) is 10.2. The first-order chi connectivity index (χ1) is 9.74. The van der Waals surface area contributed by atoms with E-state index in [1.807, 2.05) is 4.90 Å². The number of amides is 1. The van der Waals surface area contributed by atoms with Gasteiger partial charge in [0.1, 0.15) is 0 Å². The molecule has 20 heavy (non-hydrogen) atoms. The van der Waals surface area contributed by atoms with Crippen molar-refractivity contribution in [1.82, 2.24) is 9.80 Å². The Hall–Kier alpha value is -0.610. The molecule has 0 radical (unpaired) electrons. The minimum absolute atomic E-state index is 0.200. The van der Waals surface area contributed by atoms with Gasteiger partial charge < -0.3 is 10.6 Å². The van der Waals surface area contributed by atoms with Crippen molar-refractivity contribution in [3.05, 3.63) is 0 Å². The third-order valence-electron chi connectivity index (χ3n) is 5.32. The van der Waals surface area contributed by atoms with E-state index in [1.54, 1.807) is 0 Å². The fourth-order valence-electron chi connectivity index (χ4n) is 3.86. The molecular weight excluding hydrogens is 250 g/mol. The molecule has 1 atom stereocenters. The minimum Gasteiger partial charge on any atom is -0.339 e. The number of nitrogens with zero attached hydrogens (tertiary/aromatic N) is 2. The molecule has 2 N–H and O–H groups in total. The summed E-state index contributed by atoms with van der Waals surface area (Å²) < 4.78 is 0. The van der Waals surface area contributed by atoms with Crippen LogP contribution in [0.2, 0.25) is 0 Å². The molecule has 0 spiro atoms. The fraction of sp³-hybridized carbons (Fsp3) is 0.938. The van der Waals surface area contributed by atoms with Gasteiger partial charge in [-0.25, -0.2) is 0 Å². The first kappa shape index (κ1) is 14.3. The van der Waals surface area contributed by atoms with Gasteiger partial charge in [0.25, 0.3) is 0 Å². The number of rotatable bonds is 4. The monoisotopic (exact) mass is 279 g/mol. The van der Waals surface area contributed by atoms with E-state index in [-0.39, 0.29) is 11.9 Å². The van der Waals surface area contributed by atoms with Crippen LogP contribution in [0.5, 0.6) is 0 Å². The average Bonchev–Trinajstić information content (AvgIpc) is 3.32. The number of carbonyl (C=O) groups excluding carboxylic acids is 1. The van der Waals surface area contributed by atoms with Gasteiger partial charge in [0.05, 0.1) is 6.04 Å². The lowest BCUT2D eigenvalue weighted by molar-refractivity contribution is -0.134. The lowest BCUT2D eigenvalue weighted by Gasteiger charge is -2.36. The van der Waals surface area contributed by atoms with E-state index in [9.17, 15) is 4.79 Å². The molecule has 0 aromatic heterocycles. The van der Waals surface area contributed by atoms with Gasteiger partial charge in [0, 0.05) is 32.2 Å². The van der Waals surface area contributed by atoms with Crippen LogP contribution in [-0.4, -0.2) is 54.0 Å². The van der Waals surface area contributed by atoms with Crippen molar-refractivity contribution in [2.24, 2.45) is 11.7 Å². The summed E-state index contributed by atoms with van der Waals surface area (Å²) in [7, 11) is 0. The smallest absolute Gasteiger partial charge is 0.239 e. The molecule has 2 saturated carbocycles. The van der Waals surface area contributed by atoms with Crippen molar-refractivity contribution >= 4 is 5.91 Å². The Morgan fingerprint density at radius 3 is 2.25 bits per heavy atom. The highest BCUT2D eigenvalue weighted by atomic mass is 16.2.